The molecule has 1 fully saturated rings. The first-order chi connectivity index (χ1) is 14.6. The van der Waals surface area contributed by atoms with Crippen LogP contribution in [0.15, 0.2) is 59.0 Å². The number of furan rings is 1. The van der Waals surface area contributed by atoms with Gasteiger partial charge in [-0.2, -0.15) is 0 Å². The summed E-state index contributed by atoms with van der Waals surface area (Å²) in [4.78, 5) is 26.8. The molecule has 1 N–H and O–H groups in total. The Kier molecular flexibility index (Phi) is 4.66. The molecular weight excluding hydrogens is 376 g/mol. The van der Waals surface area contributed by atoms with Gasteiger partial charge in [0, 0.05) is 47.8 Å². The Balaban J connectivity index is 1.34. The van der Waals surface area contributed by atoms with Crippen molar-refractivity contribution < 1.29 is 14.0 Å². The first-order valence-corrected chi connectivity index (χ1v) is 10.5. The lowest BCUT2D eigenvalue weighted by Gasteiger charge is -2.26. The Morgan fingerprint density at radius 2 is 1.90 bits per heavy atom. The maximum absolute atomic E-state index is 12.9. The zero-order chi connectivity index (χ0) is 20.7. The minimum Gasteiger partial charge on any atom is -0.461 e. The molecule has 152 valence electrons. The Hall–Kier alpha value is -3.34. The minimum atomic E-state index is 0.0527. The van der Waals surface area contributed by atoms with Crippen LogP contribution in [0.2, 0.25) is 0 Å². The third-order valence-corrected chi connectivity index (χ3v) is 5.78. The van der Waals surface area contributed by atoms with Crippen LogP contribution in [0.25, 0.3) is 11.3 Å². The Labute approximate surface area is 175 Å². The fourth-order valence-electron chi connectivity index (χ4n) is 3.95. The average Bonchev–Trinajstić information content (AvgIpc) is 3.52. The molecule has 0 spiro atoms. The summed E-state index contributed by atoms with van der Waals surface area (Å²) in [5.74, 6) is 2.02. The van der Waals surface area contributed by atoms with Crippen molar-refractivity contribution in [2.45, 2.75) is 32.7 Å². The maximum Gasteiger partial charge on any atom is 0.254 e. The number of nitrogens with zero attached hydrogens (tertiary/aromatic N) is 1. The van der Waals surface area contributed by atoms with Crippen molar-refractivity contribution in [1.82, 2.24) is 4.90 Å². The zero-order valence-electron chi connectivity index (χ0n) is 17.0. The summed E-state index contributed by atoms with van der Waals surface area (Å²) in [5.41, 5.74) is 4.56. The SMILES string of the molecule is Cc1cccc(C(=O)N2CCc3oc(-c4cccc(NC(=O)C5CC5)c4)cc3C2)c1. The molecule has 0 saturated heterocycles. The van der Waals surface area contributed by atoms with Crippen molar-refractivity contribution >= 4 is 17.5 Å². The molecular formula is C25H24N2O3. The highest BCUT2D eigenvalue weighted by Crippen LogP contribution is 2.33. The van der Waals surface area contributed by atoms with Crippen LogP contribution in [0, 0.1) is 12.8 Å². The summed E-state index contributed by atoms with van der Waals surface area (Å²) in [6.45, 7) is 3.18. The topological polar surface area (TPSA) is 62.6 Å². The number of hydrogen-bond acceptors (Lipinski definition) is 3. The smallest absolute Gasteiger partial charge is 0.254 e. The highest BCUT2D eigenvalue weighted by molar-refractivity contribution is 5.95. The molecule has 0 unspecified atom stereocenters. The number of fused-ring (bicyclic) bond motifs is 1. The molecule has 0 atom stereocenters. The first kappa shape index (κ1) is 18.7. The molecule has 1 aromatic heterocycles. The number of benzene rings is 2. The van der Waals surface area contributed by atoms with E-state index in [1.807, 2.05) is 66.4 Å². The molecule has 2 amide bonds. The van der Waals surface area contributed by atoms with E-state index in [1.165, 1.54) is 0 Å². The normalized spacial score (nSPS) is 15.6. The summed E-state index contributed by atoms with van der Waals surface area (Å²) in [5, 5.41) is 2.99. The van der Waals surface area contributed by atoms with E-state index in [4.69, 9.17) is 4.42 Å². The summed E-state index contributed by atoms with van der Waals surface area (Å²) < 4.78 is 6.11. The van der Waals surface area contributed by atoms with E-state index in [0.29, 0.717) is 19.5 Å². The lowest BCUT2D eigenvalue weighted by atomic mass is 10.1. The van der Waals surface area contributed by atoms with E-state index in [1.54, 1.807) is 0 Å². The van der Waals surface area contributed by atoms with Crippen LogP contribution < -0.4 is 5.32 Å². The molecule has 1 aliphatic heterocycles. The number of rotatable bonds is 4. The quantitative estimate of drug-likeness (QED) is 0.684. The molecule has 2 heterocycles. The van der Waals surface area contributed by atoms with E-state index in [9.17, 15) is 9.59 Å². The summed E-state index contributed by atoms with van der Waals surface area (Å²) in [7, 11) is 0. The Bertz CT molecular complexity index is 1130. The monoisotopic (exact) mass is 400 g/mol. The summed E-state index contributed by atoms with van der Waals surface area (Å²) in [6, 6.07) is 17.5. The second kappa shape index (κ2) is 7.48. The average molecular weight is 400 g/mol. The fourth-order valence-corrected chi connectivity index (χ4v) is 3.95. The number of aryl methyl sites for hydroxylation is 1. The van der Waals surface area contributed by atoms with Crippen molar-refractivity contribution in [2.24, 2.45) is 5.92 Å². The van der Waals surface area contributed by atoms with Crippen LogP contribution in [0.1, 0.15) is 40.1 Å². The number of anilines is 1. The van der Waals surface area contributed by atoms with Gasteiger partial charge in [0.2, 0.25) is 5.91 Å². The van der Waals surface area contributed by atoms with Gasteiger partial charge in [0.05, 0.1) is 0 Å². The van der Waals surface area contributed by atoms with Gasteiger partial charge in [-0.15, -0.1) is 0 Å². The van der Waals surface area contributed by atoms with Gasteiger partial charge in [-0.3, -0.25) is 9.59 Å². The fraction of sp³-hybridized carbons (Fsp3) is 0.280. The van der Waals surface area contributed by atoms with E-state index in [2.05, 4.69) is 5.32 Å². The van der Waals surface area contributed by atoms with Gasteiger partial charge in [0.1, 0.15) is 11.5 Å². The molecule has 1 saturated carbocycles. The highest BCUT2D eigenvalue weighted by atomic mass is 16.3. The lowest BCUT2D eigenvalue weighted by Crippen LogP contribution is -2.35. The van der Waals surface area contributed by atoms with E-state index in [0.717, 1.165) is 52.3 Å². The molecule has 2 aliphatic rings. The second-order valence-corrected chi connectivity index (χ2v) is 8.25. The van der Waals surface area contributed by atoms with Crippen molar-refractivity contribution in [1.29, 1.82) is 0 Å². The molecule has 0 radical (unpaired) electrons. The molecule has 2 aromatic carbocycles. The molecule has 5 nitrogen and oxygen atoms in total. The van der Waals surface area contributed by atoms with Gasteiger partial charge in [-0.25, -0.2) is 0 Å². The standard InChI is InChI=1S/C25H24N2O3/c1-16-4-2-6-19(12-16)25(29)27-11-10-22-20(15-27)14-23(30-22)18-5-3-7-21(13-18)26-24(28)17-8-9-17/h2-7,12-14,17H,8-11,15H2,1H3,(H,26,28). The van der Waals surface area contributed by atoms with Crippen molar-refractivity contribution in [2.75, 3.05) is 11.9 Å². The second-order valence-electron chi connectivity index (χ2n) is 8.25. The van der Waals surface area contributed by atoms with Gasteiger partial charge in [0.15, 0.2) is 0 Å². The molecule has 5 heteroatoms. The van der Waals surface area contributed by atoms with Crippen LogP contribution in [-0.2, 0) is 17.8 Å². The minimum absolute atomic E-state index is 0.0527. The number of carbonyl (C=O) groups excluding carboxylic acids is 2. The van der Waals surface area contributed by atoms with E-state index < -0.39 is 0 Å². The van der Waals surface area contributed by atoms with E-state index in [-0.39, 0.29) is 17.7 Å². The van der Waals surface area contributed by atoms with Gasteiger partial charge in [-0.1, -0.05) is 29.8 Å². The predicted octanol–water partition coefficient (Wildman–Crippen LogP) is 4.80. The first-order valence-electron chi connectivity index (χ1n) is 10.5. The predicted molar refractivity (Wildman–Crippen MR) is 115 cm³/mol. The van der Waals surface area contributed by atoms with Gasteiger partial charge in [0.25, 0.3) is 5.91 Å². The number of hydrogen-bond donors (Lipinski definition) is 1. The Morgan fingerprint density at radius 3 is 2.70 bits per heavy atom. The van der Waals surface area contributed by atoms with Gasteiger partial charge in [-0.05, 0) is 50.1 Å². The lowest BCUT2D eigenvalue weighted by molar-refractivity contribution is -0.117. The molecule has 5 rings (SSSR count). The summed E-state index contributed by atoms with van der Waals surface area (Å²) >= 11 is 0. The van der Waals surface area contributed by atoms with Crippen LogP contribution in [0.5, 0.6) is 0 Å². The Morgan fingerprint density at radius 1 is 1.07 bits per heavy atom. The highest BCUT2D eigenvalue weighted by Gasteiger charge is 2.29. The summed E-state index contributed by atoms with van der Waals surface area (Å²) in [6.07, 6.45) is 2.66. The molecule has 30 heavy (non-hydrogen) atoms. The van der Waals surface area contributed by atoms with Crippen molar-refractivity contribution in [3.63, 3.8) is 0 Å². The number of amides is 2. The van der Waals surface area contributed by atoms with Crippen LogP contribution >= 0.6 is 0 Å². The van der Waals surface area contributed by atoms with Crippen LogP contribution in [-0.4, -0.2) is 23.3 Å². The molecule has 3 aromatic rings. The van der Waals surface area contributed by atoms with Crippen molar-refractivity contribution in [3.8, 4) is 11.3 Å². The maximum atomic E-state index is 12.9. The molecule has 0 bridgehead atoms. The number of carbonyl (C=O) groups is 2. The van der Waals surface area contributed by atoms with Gasteiger partial charge >= 0.3 is 0 Å². The third kappa shape index (κ3) is 3.75. The van der Waals surface area contributed by atoms with Gasteiger partial charge < -0.3 is 14.6 Å². The van der Waals surface area contributed by atoms with Crippen LogP contribution in [0.4, 0.5) is 5.69 Å². The zero-order valence-corrected chi connectivity index (χ0v) is 17.0. The van der Waals surface area contributed by atoms with E-state index >= 15 is 0 Å². The molecule has 1 aliphatic carbocycles. The van der Waals surface area contributed by atoms with Crippen LogP contribution in [0.3, 0.4) is 0 Å². The van der Waals surface area contributed by atoms with Crippen molar-refractivity contribution in [3.05, 3.63) is 77.0 Å². The third-order valence-electron chi connectivity index (χ3n) is 5.78. The number of nitrogens with one attached hydrogen (secondary N) is 1. The largest absolute Gasteiger partial charge is 0.461 e.